The molecule has 2 aliphatic rings. The van der Waals surface area contributed by atoms with Crippen LogP contribution in [-0.4, -0.2) is 57.4 Å². The van der Waals surface area contributed by atoms with E-state index in [1.54, 1.807) is 16.8 Å². The zero-order valence-corrected chi connectivity index (χ0v) is 16.2. The number of hydrogen-bond donors (Lipinski definition) is 0. The molecule has 29 heavy (non-hydrogen) atoms. The fraction of sp³-hybridized carbons (Fsp3) is 0.429. The van der Waals surface area contributed by atoms with Gasteiger partial charge in [-0.2, -0.15) is 5.10 Å². The zero-order chi connectivity index (χ0) is 19.8. The number of halogens is 1. The van der Waals surface area contributed by atoms with E-state index in [4.69, 9.17) is 0 Å². The highest BCUT2D eigenvalue weighted by Gasteiger charge is 2.21. The highest BCUT2D eigenvalue weighted by molar-refractivity contribution is 5.89. The molecule has 0 saturated carbocycles. The van der Waals surface area contributed by atoms with Gasteiger partial charge in [0.05, 0.1) is 17.8 Å². The van der Waals surface area contributed by atoms with Crippen LogP contribution in [0.2, 0.25) is 0 Å². The number of aromatic nitrogens is 4. The van der Waals surface area contributed by atoms with E-state index in [0.717, 1.165) is 80.0 Å². The molecule has 1 fully saturated rings. The summed E-state index contributed by atoms with van der Waals surface area (Å²) in [4.78, 5) is 25.4. The Morgan fingerprint density at radius 1 is 1.00 bits per heavy atom. The monoisotopic (exact) mass is 394 g/mol. The van der Waals surface area contributed by atoms with Crippen molar-refractivity contribution in [2.24, 2.45) is 0 Å². The van der Waals surface area contributed by atoms with E-state index in [9.17, 15) is 9.18 Å². The Morgan fingerprint density at radius 2 is 1.86 bits per heavy atom. The first-order valence-electron chi connectivity index (χ1n) is 10.1. The molecule has 0 spiro atoms. The first-order valence-corrected chi connectivity index (χ1v) is 10.1. The molecule has 2 aromatic heterocycles. The minimum Gasteiger partial charge on any atom is -0.353 e. The van der Waals surface area contributed by atoms with E-state index in [0.29, 0.717) is 6.54 Å². The second kappa shape index (κ2) is 7.51. The maximum absolute atomic E-state index is 13.7. The lowest BCUT2D eigenvalue weighted by Gasteiger charge is -2.35. The number of benzene rings is 1. The third-order valence-electron chi connectivity index (χ3n) is 5.90. The fourth-order valence-electron chi connectivity index (χ4n) is 4.29. The van der Waals surface area contributed by atoms with E-state index in [-0.39, 0.29) is 11.4 Å². The fourth-order valence-corrected chi connectivity index (χ4v) is 4.29. The molecule has 1 aliphatic heterocycles. The molecule has 0 amide bonds. The summed E-state index contributed by atoms with van der Waals surface area (Å²) in [7, 11) is 0. The van der Waals surface area contributed by atoms with Crippen LogP contribution in [0.1, 0.15) is 17.7 Å². The number of anilines is 1. The molecule has 3 heterocycles. The lowest BCUT2D eigenvalue weighted by molar-refractivity contribution is 0.242. The second-order valence-electron chi connectivity index (χ2n) is 7.72. The van der Waals surface area contributed by atoms with Crippen LogP contribution in [0.15, 0.2) is 35.4 Å². The summed E-state index contributed by atoms with van der Waals surface area (Å²) in [5, 5.41) is 5.30. The topological polar surface area (TPSA) is 67.2 Å². The van der Waals surface area contributed by atoms with Gasteiger partial charge < -0.3 is 4.90 Å². The standard InChI is InChI=1S/C21H23FN6O/c22-16-4-5-19-17(13-16)21(24-14-23-19)27-9-6-26(7-10-27)8-11-28-20(29)12-15-2-1-3-18(15)25-28/h4-5,12-14H,1-3,6-11H2. The van der Waals surface area contributed by atoms with Crippen molar-refractivity contribution in [3.8, 4) is 0 Å². The molecule has 5 rings (SSSR count). The SMILES string of the molecule is O=c1cc2c(nn1CCN1CCN(c3ncnc4ccc(F)cc34)CC1)CCC2. The predicted octanol–water partition coefficient (Wildman–Crippen LogP) is 1.64. The predicted molar refractivity (Wildman–Crippen MR) is 109 cm³/mol. The Kier molecular flexibility index (Phi) is 4.71. The number of nitrogens with zero attached hydrogens (tertiary/aromatic N) is 6. The van der Waals surface area contributed by atoms with Gasteiger partial charge in [0.25, 0.3) is 5.56 Å². The summed E-state index contributed by atoms with van der Waals surface area (Å²) in [6.07, 6.45) is 4.58. The first kappa shape index (κ1) is 18.2. The van der Waals surface area contributed by atoms with Crippen molar-refractivity contribution in [2.75, 3.05) is 37.6 Å². The van der Waals surface area contributed by atoms with Crippen LogP contribution in [0.3, 0.4) is 0 Å². The number of fused-ring (bicyclic) bond motifs is 2. The van der Waals surface area contributed by atoms with Crippen LogP contribution in [0, 0.1) is 5.82 Å². The molecule has 0 atom stereocenters. The van der Waals surface area contributed by atoms with Gasteiger partial charge in [-0.1, -0.05) is 0 Å². The molecule has 8 heteroatoms. The van der Waals surface area contributed by atoms with E-state index < -0.39 is 0 Å². The number of hydrogen-bond acceptors (Lipinski definition) is 6. The lowest BCUT2D eigenvalue weighted by Crippen LogP contribution is -2.48. The number of rotatable bonds is 4. The molecule has 0 radical (unpaired) electrons. The van der Waals surface area contributed by atoms with Gasteiger partial charge in [0.1, 0.15) is 18.0 Å². The van der Waals surface area contributed by atoms with Gasteiger partial charge >= 0.3 is 0 Å². The van der Waals surface area contributed by atoms with E-state index >= 15 is 0 Å². The third kappa shape index (κ3) is 3.60. The van der Waals surface area contributed by atoms with Crippen LogP contribution in [0.25, 0.3) is 10.9 Å². The minimum absolute atomic E-state index is 0.00114. The Labute approximate surface area is 167 Å². The van der Waals surface area contributed by atoms with Gasteiger partial charge in [-0.25, -0.2) is 19.0 Å². The average Bonchev–Trinajstić information content (AvgIpc) is 3.19. The molecular weight excluding hydrogens is 371 g/mol. The van der Waals surface area contributed by atoms with Crippen molar-refractivity contribution in [3.05, 3.63) is 58.0 Å². The first-order chi connectivity index (χ1) is 14.2. The summed E-state index contributed by atoms with van der Waals surface area (Å²) >= 11 is 0. The molecule has 0 N–H and O–H groups in total. The summed E-state index contributed by atoms with van der Waals surface area (Å²) in [6, 6.07) is 6.37. The summed E-state index contributed by atoms with van der Waals surface area (Å²) in [5.41, 5.74) is 2.95. The van der Waals surface area contributed by atoms with Crippen molar-refractivity contribution in [2.45, 2.75) is 25.8 Å². The smallest absolute Gasteiger partial charge is 0.267 e. The third-order valence-corrected chi connectivity index (χ3v) is 5.90. The Bertz CT molecular complexity index is 1110. The van der Waals surface area contributed by atoms with Gasteiger partial charge in [-0.3, -0.25) is 9.69 Å². The van der Waals surface area contributed by atoms with Crippen LogP contribution >= 0.6 is 0 Å². The van der Waals surface area contributed by atoms with Crippen molar-refractivity contribution in [1.82, 2.24) is 24.6 Å². The molecule has 0 unspecified atom stereocenters. The molecule has 0 bridgehead atoms. The van der Waals surface area contributed by atoms with Gasteiger partial charge in [0, 0.05) is 44.2 Å². The second-order valence-corrected chi connectivity index (χ2v) is 7.72. The Morgan fingerprint density at radius 3 is 2.72 bits per heavy atom. The van der Waals surface area contributed by atoms with Crippen LogP contribution < -0.4 is 10.5 Å². The summed E-state index contributed by atoms with van der Waals surface area (Å²) in [6.45, 7) is 4.72. The van der Waals surface area contributed by atoms with Crippen molar-refractivity contribution < 1.29 is 4.39 Å². The zero-order valence-electron chi connectivity index (χ0n) is 16.2. The molecule has 1 saturated heterocycles. The normalized spacial score (nSPS) is 17.1. The molecule has 150 valence electrons. The molecule has 3 aromatic rings. The highest BCUT2D eigenvalue weighted by atomic mass is 19.1. The van der Waals surface area contributed by atoms with Crippen molar-refractivity contribution in [3.63, 3.8) is 0 Å². The van der Waals surface area contributed by atoms with Crippen molar-refractivity contribution >= 4 is 16.7 Å². The number of aryl methyl sites for hydroxylation is 2. The maximum Gasteiger partial charge on any atom is 0.267 e. The van der Waals surface area contributed by atoms with Crippen LogP contribution in [0.5, 0.6) is 0 Å². The van der Waals surface area contributed by atoms with Crippen LogP contribution in [-0.2, 0) is 19.4 Å². The molecule has 1 aliphatic carbocycles. The van der Waals surface area contributed by atoms with E-state index in [2.05, 4.69) is 24.9 Å². The molecule has 7 nitrogen and oxygen atoms in total. The maximum atomic E-state index is 13.7. The van der Waals surface area contributed by atoms with Gasteiger partial charge in [0.2, 0.25) is 0 Å². The average molecular weight is 394 g/mol. The van der Waals surface area contributed by atoms with Gasteiger partial charge in [-0.05, 0) is 43.0 Å². The largest absolute Gasteiger partial charge is 0.353 e. The van der Waals surface area contributed by atoms with Crippen LogP contribution in [0.4, 0.5) is 10.2 Å². The summed E-state index contributed by atoms with van der Waals surface area (Å²) < 4.78 is 15.3. The van der Waals surface area contributed by atoms with Crippen molar-refractivity contribution in [1.29, 1.82) is 0 Å². The van der Waals surface area contributed by atoms with Gasteiger partial charge in [0.15, 0.2) is 0 Å². The molecular formula is C21H23FN6O. The molecule has 1 aromatic carbocycles. The number of piperazine rings is 1. The quantitative estimate of drug-likeness (QED) is 0.670. The lowest BCUT2D eigenvalue weighted by atomic mass is 10.2. The Balaban J connectivity index is 1.24. The van der Waals surface area contributed by atoms with E-state index in [1.807, 2.05) is 0 Å². The highest BCUT2D eigenvalue weighted by Crippen LogP contribution is 2.24. The Hall–Kier alpha value is -2.87. The summed E-state index contributed by atoms with van der Waals surface area (Å²) in [5.74, 6) is 0.505. The van der Waals surface area contributed by atoms with Gasteiger partial charge in [-0.15, -0.1) is 0 Å². The van der Waals surface area contributed by atoms with E-state index in [1.165, 1.54) is 18.5 Å². The minimum atomic E-state index is -0.278.